The second kappa shape index (κ2) is 7.66. The van der Waals surface area contributed by atoms with Crippen LogP contribution in [0.4, 0.5) is 17.2 Å². The van der Waals surface area contributed by atoms with Crippen LogP contribution in [0.5, 0.6) is 0 Å². The lowest BCUT2D eigenvalue weighted by Gasteiger charge is -2.12. The zero-order chi connectivity index (χ0) is 19.5. The average Bonchev–Trinajstić information content (AvgIpc) is 2.74. The molecule has 0 aliphatic carbocycles. The van der Waals surface area contributed by atoms with Crippen LogP contribution in [0, 0.1) is 10.1 Å². The quantitative estimate of drug-likeness (QED) is 0.269. The Morgan fingerprint density at radius 3 is 2.61 bits per heavy atom. The van der Waals surface area contributed by atoms with Crippen LogP contribution in [0.2, 0.25) is 0 Å². The van der Waals surface area contributed by atoms with E-state index in [2.05, 4.69) is 21.4 Å². The molecule has 7 heteroatoms. The number of hydrogen-bond acceptors (Lipinski definition) is 6. The number of nitro benzene ring substituents is 1. The molecule has 4 aromatic rings. The first-order chi connectivity index (χ1) is 13.6. The normalized spacial score (nSPS) is 10.8. The Bertz CT molecular complexity index is 1180. The van der Waals surface area contributed by atoms with Crippen molar-refractivity contribution < 1.29 is 4.92 Å². The van der Waals surface area contributed by atoms with Gasteiger partial charge >= 0.3 is 0 Å². The summed E-state index contributed by atoms with van der Waals surface area (Å²) < 4.78 is 0. The maximum Gasteiger partial charge on any atom is 0.270 e. The molecule has 0 aliphatic rings. The molecule has 0 bridgehead atoms. The molecule has 1 N–H and O–H groups in total. The van der Waals surface area contributed by atoms with E-state index >= 15 is 0 Å². The van der Waals surface area contributed by atoms with E-state index in [-0.39, 0.29) is 5.69 Å². The molecule has 1 aromatic heterocycles. The second-order valence-corrected chi connectivity index (χ2v) is 6.96. The predicted molar refractivity (Wildman–Crippen MR) is 113 cm³/mol. The third-order valence-corrected chi connectivity index (χ3v) is 4.98. The number of nitro groups is 1. The van der Waals surface area contributed by atoms with E-state index in [4.69, 9.17) is 0 Å². The zero-order valence-electron chi connectivity index (χ0n) is 15.0. The molecule has 28 heavy (non-hydrogen) atoms. The number of rotatable bonds is 5. The highest BCUT2D eigenvalue weighted by Gasteiger charge is 2.13. The molecule has 0 aliphatic heterocycles. The second-order valence-electron chi connectivity index (χ2n) is 6.08. The number of nitrogens with zero attached hydrogens (tertiary/aromatic N) is 3. The van der Waals surface area contributed by atoms with E-state index < -0.39 is 4.92 Å². The fourth-order valence-electron chi connectivity index (χ4n) is 2.90. The first-order valence-corrected chi connectivity index (χ1v) is 9.79. The van der Waals surface area contributed by atoms with Crippen molar-refractivity contribution in [1.82, 2.24) is 9.97 Å². The van der Waals surface area contributed by atoms with Gasteiger partial charge < -0.3 is 5.32 Å². The van der Waals surface area contributed by atoms with Crippen molar-refractivity contribution in [2.75, 3.05) is 11.6 Å². The van der Waals surface area contributed by atoms with E-state index in [1.807, 2.05) is 48.7 Å². The van der Waals surface area contributed by atoms with Crippen molar-refractivity contribution in [2.45, 2.75) is 4.90 Å². The standard InChI is InChI=1S/C21H16N4O2S/c1-28-17-9-5-7-15(13-17)22-21-18-10-2-3-11-19(18)23-20(24-21)14-6-4-8-16(12-14)25(26)27/h2-13H,1H3,(H,22,23,24). The summed E-state index contributed by atoms with van der Waals surface area (Å²) in [5.41, 5.74) is 2.29. The van der Waals surface area contributed by atoms with Crippen LogP contribution in [-0.4, -0.2) is 21.1 Å². The molecule has 0 unspecified atom stereocenters. The van der Waals surface area contributed by atoms with Gasteiger partial charge in [-0.1, -0.05) is 30.3 Å². The average molecular weight is 388 g/mol. The van der Waals surface area contributed by atoms with Crippen molar-refractivity contribution in [3.05, 3.63) is 82.9 Å². The fraction of sp³-hybridized carbons (Fsp3) is 0.0476. The molecule has 0 saturated heterocycles. The van der Waals surface area contributed by atoms with E-state index in [9.17, 15) is 10.1 Å². The molecule has 1 heterocycles. The van der Waals surface area contributed by atoms with Crippen LogP contribution in [0.15, 0.2) is 77.7 Å². The van der Waals surface area contributed by atoms with Gasteiger partial charge in [0.15, 0.2) is 5.82 Å². The summed E-state index contributed by atoms with van der Waals surface area (Å²) in [6, 6.07) is 22.1. The van der Waals surface area contributed by atoms with Gasteiger partial charge in [-0.25, -0.2) is 9.97 Å². The molecule has 6 nitrogen and oxygen atoms in total. The molecule has 0 atom stereocenters. The maximum absolute atomic E-state index is 11.1. The Labute approximate surface area is 165 Å². The summed E-state index contributed by atoms with van der Waals surface area (Å²) in [4.78, 5) is 21.1. The summed E-state index contributed by atoms with van der Waals surface area (Å²) in [5, 5.41) is 15.4. The van der Waals surface area contributed by atoms with Gasteiger partial charge in [0.05, 0.1) is 10.4 Å². The Hall–Kier alpha value is -3.45. The third kappa shape index (κ3) is 3.65. The molecule has 0 fully saturated rings. The molecule has 0 saturated carbocycles. The monoisotopic (exact) mass is 388 g/mol. The highest BCUT2D eigenvalue weighted by Crippen LogP contribution is 2.29. The molecule has 3 aromatic carbocycles. The molecular formula is C21H16N4O2S. The van der Waals surface area contributed by atoms with Gasteiger partial charge in [-0.3, -0.25) is 10.1 Å². The van der Waals surface area contributed by atoms with Gasteiger partial charge in [0, 0.05) is 33.7 Å². The minimum Gasteiger partial charge on any atom is -0.340 e. The summed E-state index contributed by atoms with van der Waals surface area (Å²) in [6.45, 7) is 0. The van der Waals surface area contributed by atoms with Crippen LogP contribution in [-0.2, 0) is 0 Å². The van der Waals surface area contributed by atoms with E-state index in [0.29, 0.717) is 17.2 Å². The Balaban J connectivity index is 1.83. The van der Waals surface area contributed by atoms with E-state index in [1.165, 1.54) is 12.1 Å². The number of para-hydroxylation sites is 1. The van der Waals surface area contributed by atoms with Crippen LogP contribution < -0.4 is 5.32 Å². The van der Waals surface area contributed by atoms with Crippen LogP contribution in [0.1, 0.15) is 0 Å². The highest BCUT2D eigenvalue weighted by atomic mass is 32.2. The minimum atomic E-state index is -0.419. The zero-order valence-corrected chi connectivity index (χ0v) is 15.8. The number of benzene rings is 3. The SMILES string of the molecule is CSc1cccc(Nc2nc(-c3cccc([N+](=O)[O-])c3)nc3ccccc23)c1. The van der Waals surface area contributed by atoms with Gasteiger partial charge in [0.1, 0.15) is 5.82 Å². The summed E-state index contributed by atoms with van der Waals surface area (Å²) in [5.74, 6) is 1.09. The topological polar surface area (TPSA) is 81.0 Å². The lowest BCUT2D eigenvalue weighted by atomic mass is 10.1. The summed E-state index contributed by atoms with van der Waals surface area (Å²) >= 11 is 1.66. The van der Waals surface area contributed by atoms with Crippen molar-refractivity contribution in [3.63, 3.8) is 0 Å². The van der Waals surface area contributed by atoms with Crippen LogP contribution >= 0.6 is 11.8 Å². The third-order valence-electron chi connectivity index (χ3n) is 4.25. The predicted octanol–water partition coefficient (Wildman–Crippen LogP) is 5.67. The number of aromatic nitrogens is 2. The first kappa shape index (κ1) is 17.9. The van der Waals surface area contributed by atoms with Gasteiger partial charge in [-0.15, -0.1) is 11.8 Å². The van der Waals surface area contributed by atoms with Gasteiger partial charge in [0.2, 0.25) is 0 Å². The number of fused-ring (bicyclic) bond motifs is 1. The van der Waals surface area contributed by atoms with E-state index in [0.717, 1.165) is 21.5 Å². The lowest BCUT2D eigenvalue weighted by Crippen LogP contribution is -2.00. The number of nitrogens with one attached hydrogen (secondary N) is 1. The van der Waals surface area contributed by atoms with Gasteiger partial charge in [-0.05, 0) is 36.6 Å². The van der Waals surface area contributed by atoms with Crippen LogP contribution in [0.3, 0.4) is 0 Å². The van der Waals surface area contributed by atoms with Crippen LogP contribution in [0.25, 0.3) is 22.3 Å². The first-order valence-electron chi connectivity index (χ1n) is 8.57. The fourth-order valence-corrected chi connectivity index (χ4v) is 3.36. The van der Waals surface area contributed by atoms with Gasteiger partial charge in [-0.2, -0.15) is 0 Å². The van der Waals surface area contributed by atoms with Crippen molar-refractivity contribution in [3.8, 4) is 11.4 Å². The highest BCUT2D eigenvalue weighted by molar-refractivity contribution is 7.98. The molecule has 0 spiro atoms. The smallest absolute Gasteiger partial charge is 0.270 e. The Kier molecular flexibility index (Phi) is 4.90. The Morgan fingerprint density at radius 2 is 1.79 bits per heavy atom. The number of anilines is 2. The van der Waals surface area contributed by atoms with Gasteiger partial charge in [0.25, 0.3) is 5.69 Å². The molecule has 0 radical (unpaired) electrons. The largest absolute Gasteiger partial charge is 0.340 e. The summed E-state index contributed by atoms with van der Waals surface area (Å²) in [7, 11) is 0. The minimum absolute atomic E-state index is 0.0106. The summed E-state index contributed by atoms with van der Waals surface area (Å²) in [6.07, 6.45) is 2.03. The number of hydrogen-bond donors (Lipinski definition) is 1. The van der Waals surface area contributed by atoms with Crippen molar-refractivity contribution in [2.24, 2.45) is 0 Å². The molecular weight excluding hydrogens is 372 g/mol. The lowest BCUT2D eigenvalue weighted by molar-refractivity contribution is -0.384. The molecule has 138 valence electrons. The van der Waals surface area contributed by atoms with E-state index in [1.54, 1.807) is 23.9 Å². The van der Waals surface area contributed by atoms with Crippen molar-refractivity contribution >= 4 is 39.9 Å². The number of non-ortho nitro benzene ring substituents is 1. The number of thioether (sulfide) groups is 1. The Morgan fingerprint density at radius 1 is 0.964 bits per heavy atom. The maximum atomic E-state index is 11.1. The molecule has 4 rings (SSSR count). The molecule has 0 amide bonds. The van der Waals surface area contributed by atoms with Crippen molar-refractivity contribution in [1.29, 1.82) is 0 Å².